The molecule has 0 atom stereocenters. The van der Waals surface area contributed by atoms with Crippen LogP contribution in [0.2, 0.25) is 0 Å². The Bertz CT molecular complexity index is 408. The molecule has 1 aromatic carbocycles. The summed E-state index contributed by atoms with van der Waals surface area (Å²) in [7, 11) is 0.577. The van der Waals surface area contributed by atoms with Crippen molar-refractivity contribution in [2.45, 2.75) is 0 Å². The van der Waals surface area contributed by atoms with Crippen molar-refractivity contribution in [2.24, 2.45) is 0 Å². The lowest BCUT2D eigenvalue weighted by atomic mass is 9.78. The van der Waals surface area contributed by atoms with Gasteiger partial charge in [0.1, 0.15) is 0 Å². The molecular weight excluding hydrogens is 227 g/mol. The van der Waals surface area contributed by atoms with Gasteiger partial charge in [0.25, 0.3) is 0 Å². The van der Waals surface area contributed by atoms with Crippen LogP contribution in [0.3, 0.4) is 0 Å². The van der Waals surface area contributed by atoms with E-state index < -0.39 is 19.1 Å². The van der Waals surface area contributed by atoms with Crippen LogP contribution in [0, 0.1) is 0 Å². The molecule has 0 saturated heterocycles. The molecule has 0 spiro atoms. The number of benzene rings is 1. The molecule has 0 heterocycles. The largest absolute Gasteiger partial charge is 0.488 e. The second-order valence-electron chi connectivity index (χ2n) is 3.20. The molecule has 90 valence electrons. The van der Waals surface area contributed by atoms with Crippen molar-refractivity contribution in [1.29, 1.82) is 0 Å². The average molecular weight is 238 g/mol. The first-order valence-electron chi connectivity index (χ1n) is 4.67. The van der Waals surface area contributed by atoms with Gasteiger partial charge in [-0.3, -0.25) is 0 Å². The van der Waals surface area contributed by atoms with Crippen molar-refractivity contribution in [3.63, 3.8) is 0 Å². The van der Waals surface area contributed by atoms with E-state index in [-0.39, 0.29) is 16.6 Å². The first-order valence-corrected chi connectivity index (χ1v) is 4.67. The smallest absolute Gasteiger partial charge is 0.465 e. The molecule has 7 heteroatoms. The molecule has 0 unspecified atom stereocenters. The highest BCUT2D eigenvalue weighted by molar-refractivity contribution is 6.58. The van der Waals surface area contributed by atoms with Crippen LogP contribution in [0.15, 0.2) is 18.2 Å². The number of carbonyl (C=O) groups excluding carboxylic acids is 2. The van der Waals surface area contributed by atoms with E-state index in [1.165, 1.54) is 32.4 Å². The van der Waals surface area contributed by atoms with E-state index in [2.05, 4.69) is 9.47 Å². The van der Waals surface area contributed by atoms with Crippen LogP contribution in [-0.2, 0) is 9.47 Å². The summed E-state index contributed by atoms with van der Waals surface area (Å²) in [6, 6.07) is 3.70. The van der Waals surface area contributed by atoms with E-state index in [1.807, 2.05) is 0 Å². The van der Waals surface area contributed by atoms with E-state index in [0.717, 1.165) is 0 Å². The summed E-state index contributed by atoms with van der Waals surface area (Å²) < 4.78 is 8.97. The minimum atomic E-state index is -1.79. The van der Waals surface area contributed by atoms with E-state index in [4.69, 9.17) is 10.0 Å². The van der Waals surface area contributed by atoms with Crippen molar-refractivity contribution in [1.82, 2.24) is 0 Å². The Labute approximate surface area is 97.9 Å². The molecule has 0 saturated carbocycles. The van der Waals surface area contributed by atoms with Gasteiger partial charge in [-0.25, -0.2) is 9.59 Å². The zero-order valence-corrected chi connectivity index (χ0v) is 9.34. The monoisotopic (exact) mass is 238 g/mol. The molecular formula is C10H11BO6. The third-order valence-electron chi connectivity index (χ3n) is 2.10. The van der Waals surface area contributed by atoms with Crippen LogP contribution in [-0.4, -0.2) is 43.3 Å². The fourth-order valence-electron chi connectivity index (χ4n) is 1.27. The molecule has 0 fully saturated rings. The molecule has 1 rings (SSSR count). The normalized spacial score (nSPS) is 9.65. The summed E-state index contributed by atoms with van der Waals surface area (Å²) >= 11 is 0. The van der Waals surface area contributed by atoms with Crippen LogP contribution in [0.25, 0.3) is 0 Å². The second-order valence-corrected chi connectivity index (χ2v) is 3.20. The molecule has 0 aliphatic carbocycles. The molecule has 0 aliphatic heterocycles. The summed E-state index contributed by atoms with van der Waals surface area (Å²) in [5, 5.41) is 18.1. The lowest BCUT2D eigenvalue weighted by molar-refractivity contribution is 0.0599. The third kappa shape index (κ3) is 3.05. The Kier molecular flexibility index (Phi) is 4.25. The van der Waals surface area contributed by atoms with Crippen molar-refractivity contribution in [3.05, 3.63) is 29.3 Å². The first-order chi connectivity index (χ1) is 7.99. The van der Waals surface area contributed by atoms with Crippen LogP contribution in [0.1, 0.15) is 20.7 Å². The van der Waals surface area contributed by atoms with Gasteiger partial charge in [-0.2, -0.15) is 0 Å². The van der Waals surface area contributed by atoms with Gasteiger partial charge in [0.05, 0.1) is 25.3 Å². The van der Waals surface area contributed by atoms with Gasteiger partial charge in [-0.15, -0.1) is 0 Å². The molecule has 0 amide bonds. The zero-order chi connectivity index (χ0) is 13.0. The van der Waals surface area contributed by atoms with Crippen molar-refractivity contribution in [3.8, 4) is 0 Å². The van der Waals surface area contributed by atoms with Crippen LogP contribution in [0.4, 0.5) is 0 Å². The van der Waals surface area contributed by atoms with E-state index in [0.29, 0.717) is 0 Å². The molecule has 1 aromatic rings. The fourth-order valence-corrected chi connectivity index (χ4v) is 1.27. The predicted octanol–water partition coefficient (Wildman–Crippen LogP) is -1.06. The maximum absolute atomic E-state index is 11.3. The lowest BCUT2D eigenvalue weighted by Crippen LogP contribution is -2.31. The number of carbonyl (C=O) groups is 2. The summed E-state index contributed by atoms with van der Waals surface area (Å²) in [6.45, 7) is 0. The highest BCUT2D eigenvalue weighted by atomic mass is 16.5. The Morgan fingerprint density at radius 2 is 1.41 bits per heavy atom. The zero-order valence-electron chi connectivity index (χ0n) is 9.34. The Morgan fingerprint density at radius 3 is 1.71 bits per heavy atom. The minimum Gasteiger partial charge on any atom is -0.465 e. The van der Waals surface area contributed by atoms with Gasteiger partial charge in [0.15, 0.2) is 0 Å². The van der Waals surface area contributed by atoms with Gasteiger partial charge in [0.2, 0.25) is 0 Å². The summed E-state index contributed by atoms with van der Waals surface area (Å²) in [5.41, 5.74) is 0.0882. The molecule has 2 N–H and O–H groups in total. The van der Waals surface area contributed by atoms with Crippen molar-refractivity contribution >= 4 is 24.5 Å². The maximum atomic E-state index is 11.3. The fraction of sp³-hybridized carbons (Fsp3) is 0.200. The van der Waals surface area contributed by atoms with Crippen LogP contribution < -0.4 is 5.46 Å². The highest BCUT2D eigenvalue weighted by Crippen LogP contribution is 2.07. The second kappa shape index (κ2) is 5.47. The number of hydrogen-bond acceptors (Lipinski definition) is 6. The highest BCUT2D eigenvalue weighted by Gasteiger charge is 2.19. The molecule has 6 nitrogen and oxygen atoms in total. The number of methoxy groups -OCH3 is 2. The molecule has 17 heavy (non-hydrogen) atoms. The van der Waals surface area contributed by atoms with Crippen molar-refractivity contribution in [2.75, 3.05) is 14.2 Å². The molecule has 0 aliphatic rings. The topological polar surface area (TPSA) is 93.1 Å². The summed E-state index contributed by atoms with van der Waals surface area (Å²) in [4.78, 5) is 22.6. The molecule has 0 radical (unpaired) electrons. The standard InChI is InChI=1S/C10H11BO6/c1-16-9(12)6-3-7(10(13)17-2)5-8(4-6)11(14)15/h3-5,14-15H,1-2H3. The van der Waals surface area contributed by atoms with Gasteiger partial charge in [-0.1, -0.05) is 0 Å². The van der Waals surface area contributed by atoms with Gasteiger partial charge < -0.3 is 19.5 Å². The Hall–Kier alpha value is -1.86. The first kappa shape index (κ1) is 13.2. The Balaban J connectivity index is 3.28. The maximum Gasteiger partial charge on any atom is 0.488 e. The SMILES string of the molecule is COC(=O)c1cc(B(O)O)cc(C(=O)OC)c1. The van der Waals surface area contributed by atoms with Gasteiger partial charge in [-0.05, 0) is 23.7 Å². The number of rotatable bonds is 3. The lowest BCUT2D eigenvalue weighted by Gasteiger charge is -2.07. The quantitative estimate of drug-likeness (QED) is 0.515. The van der Waals surface area contributed by atoms with Crippen molar-refractivity contribution < 1.29 is 29.1 Å². The molecule has 0 bridgehead atoms. The third-order valence-corrected chi connectivity index (χ3v) is 2.10. The predicted molar refractivity (Wildman–Crippen MR) is 58.9 cm³/mol. The number of hydrogen-bond donors (Lipinski definition) is 2. The Morgan fingerprint density at radius 1 is 1.00 bits per heavy atom. The van der Waals surface area contributed by atoms with Crippen LogP contribution in [0.5, 0.6) is 0 Å². The number of esters is 2. The van der Waals surface area contributed by atoms with Gasteiger partial charge >= 0.3 is 19.1 Å². The van der Waals surface area contributed by atoms with E-state index in [9.17, 15) is 9.59 Å². The van der Waals surface area contributed by atoms with E-state index in [1.54, 1.807) is 0 Å². The molecule has 0 aromatic heterocycles. The van der Waals surface area contributed by atoms with Gasteiger partial charge in [0, 0.05) is 0 Å². The van der Waals surface area contributed by atoms with Crippen LogP contribution >= 0.6 is 0 Å². The number of ether oxygens (including phenoxy) is 2. The summed E-state index contributed by atoms with van der Waals surface area (Å²) in [6.07, 6.45) is 0. The summed E-state index contributed by atoms with van der Waals surface area (Å²) in [5.74, 6) is -1.37. The average Bonchev–Trinajstić information content (AvgIpc) is 2.36. The minimum absolute atomic E-state index is 0.00769. The van der Waals surface area contributed by atoms with E-state index >= 15 is 0 Å².